The van der Waals surface area contributed by atoms with Crippen molar-refractivity contribution in [3.8, 4) is 11.5 Å². The first kappa shape index (κ1) is 48.3. The highest BCUT2D eigenvalue weighted by Gasteiger charge is 2.37. The Morgan fingerprint density at radius 3 is 2.34 bits per heavy atom. The summed E-state index contributed by atoms with van der Waals surface area (Å²) >= 11 is 6.32. The van der Waals surface area contributed by atoms with E-state index in [-0.39, 0.29) is 48.4 Å². The third-order valence-electron chi connectivity index (χ3n) is 13.8. The molecule has 1 saturated heterocycles. The summed E-state index contributed by atoms with van der Waals surface area (Å²) < 4.78 is 14.9. The highest BCUT2D eigenvalue weighted by atomic mass is 35.5. The van der Waals surface area contributed by atoms with Crippen LogP contribution in [0.25, 0.3) is 11.0 Å². The van der Waals surface area contributed by atoms with E-state index in [1.54, 1.807) is 18.7 Å². The molecule has 68 heavy (non-hydrogen) atoms. The molecule has 2 aliphatic heterocycles. The standard InChI is InChI=1S/C53H64ClN7O7/c1-33(2)68-47-30-42-37(28-46(47)67-5)29-50(64)60(51(42)36-13-15-38(54)16-14-36)41-21-19-40(20-22-41)58(3)32-35-10-17-39(18-11-35)56-31-49(63)55-26-8-6-7-9-34-12-23-43-45(27-34)59(4)53(66)61(43)44-24-25-48(62)57-52(44)65/h12-16,19-23,27-28,30,33,35,39,44,51,56H,6-11,17-18,24-26,29,31-32H2,1-5H3,(H,55,63)(H,57,62,65)/t35-,39-,44?,51?. The number of ether oxygens (including phenoxy) is 2. The molecular weight excluding hydrogens is 882 g/mol. The lowest BCUT2D eigenvalue weighted by molar-refractivity contribution is -0.135. The summed E-state index contributed by atoms with van der Waals surface area (Å²) in [5.74, 6) is 1.06. The fourth-order valence-corrected chi connectivity index (χ4v) is 10.3. The fraction of sp³-hybridized carbons (Fsp3) is 0.453. The van der Waals surface area contributed by atoms with Crippen LogP contribution < -0.4 is 40.9 Å². The van der Waals surface area contributed by atoms with Gasteiger partial charge in [0.2, 0.25) is 23.6 Å². The number of fused-ring (bicyclic) bond motifs is 2. The van der Waals surface area contributed by atoms with Crippen LogP contribution in [0.5, 0.6) is 11.5 Å². The maximum absolute atomic E-state index is 14.0. The van der Waals surface area contributed by atoms with Crippen LogP contribution in [-0.2, 0) is 39.1 Å². The number of benzene rings is 4. The Bertz CT molecular complexity index is 2690. The van der Waals surface area contributed by atoms with E-state index in [4.69, 9.17) is 21.1 Å². The van der Waals surface area contributed by atoms with Gasteiger partial charge in [-0.1, -0.05) is 36.2 Å². The van der Waals surface area contributed by atoms with E-state index in [0.717, 1.165) is 97.1 Å². The zero-order valence-corrected chi connectivity index (χ0v) is 40.6. The van der Waals surface area contributed by atoms with E-state index in [2.05, 4.69) is 40.0 Å². The molecule has 1 aromatic heterocycles. The van der Waals surface area contributed by atoms with Gasteiger partial charge < -0.3 is 29.9 Å². The van der Waals surface area contributed by atoms with Crippen molar-refractivity contribution >= 4 is 57.6 Å². The Labute approximate surface area is 403 Å². The zero-order chi connectivity index (χ0) is 48.1. The lowest BCUT2D eigenvalue weighted by atomic mass is 9.85. The van der Waals surface area contributed by atoms with Crippen molar-refractivity contribution in [1.82, 2.24) is 25.1 Å². The highest BCUT2D eigenvalue weighted by molar-refractivity contribution is 6.30. The van der Waals surface area contributed by atoms with Crippen molar-refractivity contribution in [2.75, 3.05) is 43.6 Å². The monoisotopic (exact) mass is 945 g/mol. The van der Waals surface area contributed by atoms with Crippen molar-refractivity contribution in [3.63, 3.8) is 0 Å². The molecule has 0 radical (unpaired) electrons. The second kappa shape index (κ2) is 21.5. The number of amides is 4. The van der Waals surface area contributed by atoms with Crippen molar-refractivity contribution in [2.24, 2.45) is 13.0 Å². The number of piperidine rings is 1. The molecule has 3 aliphatic rings. The lowest BCUT2D eigenvalue weighted by Crippen LogP contribution is -2.44. The highest BCUT2D eigenvalue weighted by Crippen LogP contribution is 2.44. The first-order valence-corrected chi connectivity index (χ1v) is 24.5. The van der Waals surface area contributed by atoms with E-state index in [0.29, 0.717) is 53.5 Å². The molecule has 14 nitrogen and oxygen atoms in total. The number of rotatable bonds is 18. The van der Waals surface area contributed by atoms with Crippen molar-refractivity contribution in [3.05, 3.63) is 117 Å². The summed E-state index contributed by atoms with van der Waals surface area (Å²) in [6.07, 6.45) is 8.51. The predicted molar refractivity (Wildman–Crippen MR) is 266 cm³/mol. The van der Waals surface area contributed by atoms with Gasteiger partial charge in [0.15, 0.2) is 11.5 Å². The molecule has 8 rings (SSSR count). The maximum Gasteiger partial charge on any atom is 0.329 e. The third-order valence-corrected chi connectivity index (χ3v) is 14.0. The van der Waals surface area contributed by atoms with Crippen molar-refractivity contribution < 1.29 is 28.7 Å². The first-order valence-electron chi connectivity index (χ1n) is 24.1. The minimum absolute atomic E-state index is 0.000741. The van der Waals surface area contributed by atoms with Gasteiger partial charge in [0.1, 0.15) is 6.04 Å². The number of hydrogen-bond acceptors (Lipinski definition) is 9. The SMILES string of the molecule is COc1cc2c(cc1OC(C)C)C(c1ccc(Cl)cc1)N(c1ccc(N(C)C[C@H]3CC[C@H](NCC(=O)NCCCCCc4ccc5c(c4)n(C)c(=O)n5C4CCC(=O)NC4=O)CC3)cc1)C(=O)C2. The number of halogens is 1. The Morgan fingerprint density at radius 1 is 0.882 bits per heavy atom. The van der Waals surface area contributed by atoms with Crippen LogP contribution in [0.1, 0.15) is 106 Å². The fourth-order valence-electron chi connectivity index (χ4n) is 10.2. The molecule has 5 aromatic rings. The molecule has 2 unspecified atom stereocenters. The first-order chi connectivity index (χ1) is 32.8. The number of methoxy groups -OCH3 is 1. The summed E-state index contributed by atoms with van der Waals surface area (Å²) in [7, 11) is 5.45. The largest absolute Gasteiger partial charge is 0.493 e. The molecule has 3 heterocycles. The molecule has 2 atom stereocenters. The predicted octanol–water partition coefficient (Wildman–Crippen LogP) is 7.56. The molecule has 0 bridgehead atoms. The third kappa shape index (κ3) is 10.9. The van der Waals surface area contributed by atoms with Crippen LogP contribution in [0, 0.1) is 5.92 Å². The average molecular weight is 947 g/mol. The van der Waals surface area contributed by atoms with Gasteiger partial charge in [-0.25, -0.2) is 4.79 Å². The maximum atomic E-state index is 14.0. The topological polar surface area (TPSA) is 156 Å². The summed E-state index contributed by atoms with van der Waals surface area (Å²) in [5, 5.41) is 9.55. The molecule has 1 aliphatic carbocycles. The summed E-state index contributed by atoms with van der Waals surface area (Å²) in [5.41, 5.74) is 7.05. The van der Waals surface area contributed by atoms with Crippen molar-refractivity contribution in [1.29, 1.82) is 0 Å². The van der Waals surface area contributed by atoms with E-state index < -0.39 is 11.9 Å². The van der Waals surface area contributed by atoms with Crippen LogP contribution >= 0.6 is 11.6 Å². The van der Waals surface area contributed by atoms with Crippen LogP contribution in [0.2, 0.25) is 5.02 Å². The molecule has 3 N–H and O–H groups in total. The quantitative estimate of drug-likeness (QED) is 0.0596. The van der Waals surface area contributed by atoms with Gasteiger partial charge in [-0.3, -0.25) is 33.6 Å². The smallest absolute Gasteiger partial charge is 0.329 e. The normalized spacial score (nSPS) is 19.5. The lowest BCUT2D eigenvalue weighted by Gasteiger charge is -2.38. The Morgan fingerprint density at radius 2 is 1.63 bits per heavy atom. The average Bonchev–Trinajstić information content (AvgIpc) is 3.57. The van der Waals surface area contributed by atoms with Crippen molar-refractivity contribution in [2.45, 2.75) is 109 Å². The number of imidazole rings is 1. The van der Waals surface area contributed by atoms with Gasteiger partial charge in [-0.05, 0) is 154 Å². The van der Waals surface area contributed by atoms with Gasteiger partial charge in [0.25, 0.3) is 0 Å². The molecule has 15 heteroatoms. The Kier molecular flexibility index (Phi) is 15.2. The van der Waals surface area contributed by atoms with Gasteiger partial charge in [0.05, 0.1) is 43.3 Å². The minimum Gasteiger partial charge on any atom is -0.493 e. The van der Waals surface area contributed by atoms with Gasteiger partial charge in [-0.15, -0.1) is 0 Å². The number of aromatic nitrogens is 2. The summed E-state index contributed by atoms with van der Waals surface area (Å²) in [6.45, 7) is 5.82. The molecule has 1 saturated carbocycles. The number of unbranched alkanes of at least 4 members (excludes halogenated alkanes) is 2. The number of aryl methyl sites for hydroxylation is 2. The molecule has 0 spiro atoms. The molecule has 4 amide bonds. The number of nitrogens with zero attached hydrogens (tertiary/aromatic N) is 4. The van der Waals surface area contributed by atoms with Gasteiger partial charge in [-0.2, -0.15) is 0 Å². The molecular formula is C53H64ClN7O7. The molecule has 2 fully saturated rings. The van der Waals surface area contributed by atoms with Gasteiger partial charge in [0, 0.05) is 56.0 Å². The summed E-state index contributed by atoms with van der Waals surface area (Å²) in [4.78, 5) is 68.2. The Balaban J connectivity index is 0.767. The summed E-state index contributed by atoms with van der Waals surface area (Å²) in [6, 6.07) is 25.1. The van der Waals surface area contributed by atoms with Crippen LogP contribution in [0.3, 0.4) is 0 Å². The van der Waals surface area contributed by atoms with Gasteiger partial charge >= 0.3 is 5.69 Å². The number of anilines is 2. The minimum atomic E-state index is -0.698. The second-order valence-corrected chi connectivity index (χ2v) is 19.4. The van der Waals surface area contributed by atoms with E-state index in [1.165, 1.54) is 4.57 Å². The van der Waals surface area contributed by atoms with Crippen LogP contribution in [0.4, 0.5) is 11.4 Å². The van der Waals surface area contributed by atoms with E-state index in [9.17, 15) is 24.0 Å². The zero-order valence-electron chi connectivity index (χ0n) is 39.8. The molecule has 4 aromatic carbocycles. The Hall–Kier alpha value is -6.12. The van der Waals surface area contributed by atoms with E-state index in [1.807, 2.05) is 85.5 Å². The number of nitrogens with one attached hydrogen (secondary N) is 3. The van der Waals surface area contributed by atoms with E-state index >= 15 is 0 Å². The second-order valence-electron chi connectivity index (χ2n) is 18.9. The number of hydrogen-bond donors (Lipinski definition) is 3. The number of imide groups is 1. The van der Waals surface area contributed by atoms with Crippen LogP contribution in [0.15, 0.2) is 83.7 Å². The van der Waals surface area contributed by atoms with Crippen LogP contribution in [-0.4, -0.2) is 78.7 Å². The molecule has 360 valence electrons. The number of carbonyl (C=O) groups excluding carboxylic acids is 4. The number of carbonyl (C=O) groups is 4.